The monoisotopic (exact) mass is 338 g/mol. The molecular weight excluding hydrogens is 316 g/mol. The number of anilines is 1. The Morgan fingerprint density at radius 3 is 2.44 bits per heavy atom. The summed E-state index contributed by atoms with van der Waals surface area (Å²) in [7, 11) is 0. The lowest BCUT2D eigenvalue weighted by atomic mass is 10.1. The van der Waals surface area contributed by atoms with Crippen molar-refractivity contribution in [2.24, 2.45) is 0 Å². The van der Waals surface area contributed by atoms with Crippen LogP contribution >= 0.6 is 0 Å². The van der Waals surface area contributed by atoms with Crippen molar-refractivity contribution in [3.05, 3.63) is 59.7 Å². The fourth-order valence-electron chi connectivity index (χ4n) is 3.18. The summed E-state index contributed by atoms with van der Waals surface area (Å²) in [6, 6.07) is 14.3. The van der Waals surface area contributed by atoms with Gasteiger partial charge < -0.3 is 10.1 Å². The van der Waals surface area contributed by atoms with Gasteiger partial charge in [0.15, 0.2) is 0 Å². The molecule has 0 bridgehead atoms. The predicted molar refractivity (Wildman–Crippen MR) is 96.7 cm³/mol. The second kappa shape index (κ2) is 7.38. The van der Waals surface area contributed by atoms with E-state index in [0.29, 0.717) is 18.7 Å². The van der Waals surface area contributed by atoms with E-state index < -0.39 is 12.1 Å². The van der Waals surface area contributed by atoms with Crippen LogP contribution in [0.5, 0.6) is 5.75 Å². The molecule has 1 saturated heterocycles. The number of nitrogens with one attached hydrogen (secondary N) is 1. The first-order valence-electron chi connectivity index (χ1n) is 8.45. The fraction of sp³-hybridized carbons (Fsp3) is 0.300. The normalized spacial score (nSPS) is 16.6. The van der Waals surface area contributed by atoms with Crippen LogP contribution in [0.15, 0.2) is 48.5 Å². The third-order valence-corrected chi connectivity index (χ3v) is 4.23. The van der Waals surface area contributed by atoms with Crippen molar-refractivity contribution >= 4 is 17.7 Å². The number of likely N-dealkylation sites (tertiary alicyclic amines) is 1. The molecule has 2 amide bonds. The minimum atomic E-state index is -0.503. The van der Waals surface area contributed by atoms with Crippen molar-refractivity contribution in [3.8, 4) is 5.75 Å². The Morgan fingerprint density at radius 1 is 1.08 bits per heavy atom. The number of hydrogen-bond donors (Lipinski definition) is 1. The molecule has 1 heterocycles. The van der Waals surface area contributed by atoms with E-state index in [1.165, 1.54) is 4.90 Å². The minimum absolute atomic E-state index is 0.174. The van der Waals surface area contributed by atoms with Gasteiger partial charge in [-0.1, -0.05) is 24.3 Å². The Labute approximate surface area is 147 Å². The SMILES string of the molecule is Cc1cc(C)cc(NC(=O)[C@H]2CCCN2C(=O)Oc2ccccc2)c1. The Morgan fingerprint density at radius 2 is 1.76 bits per heavy atom. The van der Waals surface area contributed by atoms with Crippen LogP contribution in [0.3, 0.4) is 0 Å². The molecular formula is C20H22N2O3. The van der Waals surface area contributed by atoms with E-state index in [-0.39, 0.29) is 5.91 Å². The molecule has 1 aliphatic rings. The van der Waals surface area contributed by atoms with Crippen LogP contribution in [0.25, 0.3) is 0 Å². The first-order valence-corrected chi connectivity index (χ1v) is 8.45. The summed E-state index contributed by atoms with van der Waals surface area (Å²) in [6.45, 7) is 4.50. The highest BCUT2D eigenvalue weighted by Gasteiger charge is 2.35. The predicted octanol–water partition coefficient (Wildman–Crippen LogP) is 3.91. The van der Waals surface area contributed by atoms with Crippen LogP contribution in [0.2, 0.25) is 0 Å². The second-order valence-corrected chi connectivity index (χ2v) is 6.40. The maximum Gasteiger partial charge on any atom is 0.415 e. The number of para-hydroxylation sites is 1. The average molecular weight is 338 g/mol. The molecule has 0 aromatic heterocycles. The quantitative estimate of drug-likeness (QED) is 0.923. The highest BCUT2D eigenvalue weighted by Crippen LogP contribution is 2.22. The van der Waals surface area contributed by atoms with Crippen molar-refractivity contribution in [2.75, 3.05) is 11.9 Å². The number of carbonyl (C=O) groups excluding carboxylic acids is 2. The summed E-state index contributed by atoms with van der Waals surface area (Å²) in [5.41, 5.74) is 2.93. The van der Waals surface area contributed by atoms with Gasteiger partial charge in [-0.05, 0) is 62.1 Å². The van der Waals surface area contributed by atoms with Crippen LogP contribution < -0.4 is 10.1 Å². The van der Waals surface area contributed by atoms with Gasteiger partial charge in [-0.25, -0.2) is 4.79 Å². The number of hydrogen-bond acceptors (Lipinski definition) is 3. The molecule has 0 saturated carbocycles. The van der Waals surface area contributed by atoms with Gasteiger partial charge >= 0.3 is 6.09 Å². The number of carbonyl (C=O) groups is 2. The van der Waals surface area contributed by atoms with E-state index in [9.17, 15) is 9.59 Å². The maximum absolute atomic E-state index is 12.6. The van der Waals surface area contributed by atoms with Crippen LogP contribution in [-0.2, 0) is 4.79 Å². The van der Waals surface area contributed by atoms with E-state index in [2.05, 4.69) is 11.4 Å². The zero-order valence-corrected chi connectivity index (χ0v) is 14.5. The number of nitrogens with zero attached hydrogens (tertiary/aromatic N) is 1. The number of rotatable bonds is 3. The highest BCUT2D eigenvalue weighted by atomic mass is 16.6. The van der Waals surface area contributed by atoms with E-state index >= 15 is 0 Å². The smallest absolute Gasteiger partial charge is 0.410 e. The van der Waals surface area contributed by atoms with Gasteiger partial charge in [0.05, 0.1) is 0 Å². The lowest BCUT2D eigenvalue weighted by Gasteiger charge is -2.23. The zero-order valence-electron chi connectivity index (χ0n) is 14.5. The molecule has 1 fully saturated rings. The van der Waals surface area contributed by atoms with E-state index in [0.717, 1.165) is 23.2 Å². The topological polar surface area (TPSA) is 58.6 Å². The van der Waals surface area contributed by atoms with Crippen molar-refractivity contribution < 1.29 is 14.3 Å². The Balaban J connectivity index is 1.68. The van der Waals surface area contributed by atoms with E-state index in [1.54, 1.807) is 24.3 Å². The molecule has 2 aromatic carbocycles. The van der Waals surface area contributed by atoms with Crippen molar-refractivity contribution in [1.29, 1.82) is 0 Å². The van der Waals surface area contributed by atoms with Gasteiger partial charge in [0.2, 0.25) is 5.91 Å². The van der Waals surface area contributed by atoms with Crippen LogP contribution in [0.1, 0.15) is 24.0 Å². The Hall–Kier alpha value is -2.82. The largest absolute Gasteiger partial charge is 0.415 e. The molecule has 0 unspecified atom stereocenters. The summed E-state index contributed by atoms with van der Waals surface area (Å²) < 4.78 is 5.37. The van der Waals surface area contributed by atoms with Gasteiger partial charge in [0.25, 0.3) is 0 Å². The molecule has 0 aliphatic carbocycles. The first kappa shape index (κ1) is 17.0. The molecule has 1 aliphatic heterocycles. The van der Waals surface area contributed by atoms with Gasteiger partial charge in [-0.2, -0.15) is 0 Å². The number of benzene rings is 2. The third kappa shape index (κ3) is 4.18. The summed E-state index contributed by atoms with van der Waals surface area (Å²) in [5.74, 6) is 0.306. The van der Waals surface area contributed by atoms with Crippen molar-refractivity contribution in [2.45, 2.75) is 32.7 Å². The lowest BCUT2D eigenvalue weighted by Crippen LogP contribution is -2.44. The molecule has 0 radical (unpaired) electrons. The van der Waals surface area contributed by atoms with Gasteiger partial charge in [-0.15, -0.1) is 0 Å². The number of aryl methyl sites for hydroxylation is 2. The summed E-state index contributed by atoms with van der Waals surface area (Å²) >= 11 is 0. The standard InChI is InChI=1S/C20H22N2O3/c1-14-11-15(2)13-16(12-14)21-19(23)18-9-6-10-22(18)20(24)25-17-7-4-3-5-8-17/h3-5,7-8,11-13,18H,6,9-10H2,1-2H3,(H,21,23)/t18-/m1/s1. The third-order valence-electron chi connectivity index (χ3n) is 4.23. The van der Waals surface area contributed by atoms with E-state index in [1.807, 2.05) is 32.0 Å². The van der Waals surface area contributed by atoms with Gasteiger partial charge in [0.1, 0.15) is 11.8 Å². The second-order valence-electron chi connectivity index (χ2n) is 6.40. The van der Waals surface area contributed by atoms with Crippen molar-refractivity contribution in [3.63, 3.8) is 0 Å². The number of ether oxygens (including phenoxy) is 1. The van der Waals surface area contributed by atoms with Crippen LogP contribution in [-0.4, -0.2) is 29.5 Å². The molecule has 130 valence electrons. The molecule has 5 nitrogen and oxygen atoms in total. The van der Waals surface area contributed by atoms with E-state index in [4.69, 9.17) is 4.74 Å². The average Bonchev–Trinajstić information content (AvgIpc) is 3.04. The molecule has 2 aromatic rings. The number of amides is 2. The maximum atomic E-state index is 12.6. The first-order chi connectivity index (χ1) is 12.0. The fourth-order valence-corrected chi connectivity index (χ4v) is 3.18. The summed E-state index contributed by atoms with van der Waals surface area (Å²) in [5, 5.41) is 2.93. The van der Waals surface area contributed by atoms with Crippen LogP contribution in [0.4, 0.5) is 10.5 Å². The molecule has 3 rings (SSSR count). The summed E-state index contributed by atoms with van der Waals surface area (Å²) in [4.78, 5) is 26.6. The van der Waals surface area contributed by atoms with Gasteiger partial charge in [-0.3, -0.25) is 9.69 Å². The highest BCUT2D eigenvalue weighted by molar-refractivity contribution is 5.97. The Bertz CT molecular complexity index is 754. The molecule has 1 atom stereocenters. The molecule has 1 N–H and O–H groups in total. The van der Waals surface area contributed by atoms with Gasteiger partial charge in [0, 0.05) is 12.2 Å². The van der Waals surface area contributed by atoms with Crippen LogP contribution in [0, 0.1) is 13.8 Å². The molecule has 5 heteroatoms. The van der Waals surface area contributed by atoms with Crippen molar-refractivity contribution in [1.82, 2.24) is 4.90 Å². The minimum Gasteiger partial charge on any atom is -0.410 e. The molecule has 25 heavy (non-hydrogen) atoms. The zero-order chi connectivity index (χ0) is 17.8. The lowest BCUT2D eigenvalue weighted by molar-refractivity contribution is -0.119. The summed E-state index contributed by atoms with van der Waals surface area (Å²) in [6.07, 6.45) is 0.944. The molecule has 0 spiro atoms. The Kier molecular flexibility index (Phi) is 5.03.